The zero-order valence-corrected chi connectivity index (χ0v) is 14.2. The first kappa shape index (κ1) is 18.6. The van der Waals surface area contributed by atoms with Gasteiger partial charge in [0.25, 0.3) is 6.43 Å². The predicted octanol–water partition coefficient (Wildman–Crippen LogP) is 1.29. The summed E-state index contributed by atoms with van der Waals surface area (Å²) in [6.07, 6.45) is -1.05. The summed E-state index contributed by atoms with van der Waals surface area (Å²) in [4.78, 5) is 11.7. The highest BCUT2D eigenvalue weighted by molar-refractivity contribution is 7.90. The van der Waals surface area contributed by atoms with E-state index in [-0.39, 0.29) is 37.3 Å². The molecule has 1 aromatic heterocycles. The maximum Gasteiger partial charge on any atom is 0.309 e. The van der Waals surface area contributed by atoms with Crippen molar-refractivity contribution in [3.05, 3.63) is 11.9 Å². The number of carbonyl (C=O) groups excluding carboxylic acids is 1. The van der Waals surface area contributed by atoms with Gasteiger partial charge in [-0.2, -0.15) is 17.8 Å². The molecule has 0 atom stereocenters. The SMILES string of the molecule is CCOC(=O)C1CCN(S(=O)(=O)Nc2cn(C)nc2C(F)F)CC1. The molecule has 0 amide bonds. The van der Waals surface area contributed by atoms with E-state index >= 15 is 0 Å². The molecule has 0 aliphatic carbocycles. The highest BCUT2D eigenvalue weighted by Crippen LogP contribution is 2.27. The Morgan fingerprint density at radius 1 is 1.46 bits per heavy atom. The lowest BCUT2D eigenvalue weighted by atomic mass is 9.98. The first-order valence-electron chi connectivity index (χ1n) is 7.50. The van der Waals surface area contributed by atoms with Crippen LogP contribution in [-0.4, -0.2) is 48.2 Å². The van der Waals surface area contributed by atoms with Gasteiger partial charge in [-0.3, -0.25) is 14.2 Å². The molecular weight excluding hydrogens is 346 g/mol. The van der Waals surface area contributed by atoms with Crippen LogP contribution in [0.4, 0.5) is 14.5 Å². The second kappa shape index (κ2) is 7.43. The van der Waals surface area contributed by atoms with Crippen LogP contribution < -0.4 is 4.72 Å². The summed E-state index contributed by atoms with van der Waals surface area (Å²) in [6.45, 7) is 2.21. The second-order valence-corrected chi connectivity index (χ2v) is 7.11. The summed E-state index contributed by atoms with van der Waals surface area (Å²) >= 11 is 0. The Bertz CT molecular complexity index is 684. The number of piperidine rings is 1. The van der Waals surface area contributed by atoms with Crippen LogP contribution in [0.25, 0.3) is 0 Å². The molecule has 1 saturated heterocycles. The number of anilines is 1. The second-order valence-electron chi connectivity index (χ2n) is 5.43. The van der Waals surface area contributed by atoms with Gasteiger partial charge in [0, 0.05) is 26.3 Å². The molecule has 0 bridgehead atoms. The fourth-order valence-corrected chi connectivity index (χ4v) is 3.80. The minimum atomic E-state index is -4.00. The molecule has 0 saturated carbocycles. The third-order valence-corrected chi connectivity index (χ3v) is 5.24. The van der Waals surface area contributed by atoms with Gasteiger partial charge >= 0.3 is 16.2 Å². The van der Waals surface area contributed by atoms with Crippen LogP contribution in [0.15, 0.2) is 6.20 Å². The molecule has 0 spiro atoms. The molecule has 11 heteroatoms. The molecule has 1 fully saturated rings. The van der Waals surface area contributed by atoms with Gasteiger partial charge in [-0.15, -0.1) is 0 Å². The van der Waals surface area contributed by atoms with Crippen molar-refractivity contribution in [2.75, 3.05) is 24.4 Å². The number of ether oxygens (including phenoxy) is 1. The third-order valence-electron chi connectivity index (χ3n) is 3.72. The van der Waals surface area contributed by atoms with Crippen molar-refractivity contribution in [2.24, 2.45) is 13.0 Å². The van der Waals surface area contributed by atoms with E-state index in [2.05, 4.69) is 9.82 Å². The predicted molar refractivity (Wildman–Crippen MR) is 81.6 cm³/mol. The fraction of sp³-hybridized carbons (Fsp3) is 0.692. The molecule has 8 nitrogen and oxygen atoms in total. The number of hydrogen-bond acceptors (Lipinski definition) is 5. The number of aryl methyl sites for hydroxylation is 1. The highest BCUT2D eigenvalue weighted by Gasteiger charge is 2.33. The lowest BCUT2D eigenvalue weighted by molar-refractivity contribution is -0.149. The molecule has 1 aliphatic heterocycles. The van der Waals surface area contributed by atoms with Crippen LogP contribution in [0.5, 0.6) is 0 Å². The molecule has 0 unspecified atom stereocenters. The van der Waals surface area contributed by atoms with Gasteiger partial charge < -0.3 is 4.74 Å². The molecular formula is C13H20F2N4O4S. The van der Waals surface area contributed by atoms with Crippen molar-refractivity contribution in [2.45, 2.75) is 26.2 Å². The smallest absolute Gasteiger partial charge is 0.309 e. The average Bonchev–Trinajstić information content (AvgIpc) is 2.87. The van der Waals surface area contributed by atoms with Crippen LogP contribution in [0.2, 0.25) is 0 Å². The van der Waals surface area contributed by atoms with E-state index in [1.165, 1.54) is 13.2 Å². The van der Waals surface area contributed by atoms with Gasteiger partial charge in [-0.05, 0) is 19.8 Å². The molecule has 2 rings (SSSR count). The Labute approximate surface area is 138 Å². The van der Waals surface area contributed by atoms with Crippen LogP contribution in [0, 0.1) is 5.92 Å². The number of alkyl halides is 2. The normalized spacial score (nSPS) is 17.2. The van der Waals surface area contributed by atoms with Crippen molar-refractivity contribution in [3.8, 4) is 0 Å². The van der Waals surface area contributed by atoms with Crippen molar-refractivity contribution >= 4 is 21.9 Å². The zero-order valence-electron chi connectivity index (χ0n) is 13.4. The lowest BCUT2D eigenvalue weighted by Crippen LogP contribution is -2.43. The van der Waals surface area contributed by atoms with E-state index in [9.17, 15) is 22.0 Å². The Morgan fingerprint density at radius 2 is 2.08 bits per heavy atom. The van der Waals surface area contributed by atoms with Crippen LogP contribution in [-0.2, 0) is 26.8 Å². The fourth-order valence-electron chi connectivity index (χ4n) is 2.54. The van der Waals surface area contributed by atoms with Gasteiger partial charge in [-0.1, -0.05) is 0 Å². The van der Waals surface area contributed by atoms with E-state index in [0.717, 1.165) is 8.99 Å². The summed E-state index contributed by atoms with van der Waals surface area (Å²) in [7, 11) is -2.57. The molecule has 2 heterocycles. The summed E-state index contributed by atoms with van der Waals surface area (Å²) in [6, 6.07) is 0. The number of nitrogens with zero attached hydrogens (tertiary/aromatic N) is 3. The number of esters is 1. The van der Waals surface area contributed by atoms with Gasteiger partial charge in [0.2, 0.25) is 0 Å². The zero-order chi connectivity index (χ0) is 17.9. The minimum Gasteiger partial charge on any atom is -0.466 e. The van der Waals surface area contributed by atoms with Crippen molar-refractivity contribution < 1.29 is 26.7 Å². The van der Waals surface area contributed by atoms with Crippen LogP contribution >= 0.6 is 0 Å². The molecule has 1 aliphatic rings. The number of aromatic nitrogens is 2. The van der Waals surface area contributed by atoms with Crippen LogP contribution in [0.1, 0.15) is 31.9 Å². The molecule has 24 heavy (non-hydrogen) atoms. The Kier molecular flexibility index (Phi) is 5.75. The topological polar surface area (TPSA) is 93.5 Å². The Hall–Kier alpha value is -1.75. The average molecular weight is 366 g/mol. The number of carbonyl (C=O) groups is 1. The van der Waals surface area contributed by atoms with Gasteiger partial charge in [0.05, 0.1) is 18.2 Å². The summed E-state index contributed by atoms with van der Waals surface area (Å²) in [5.74, 6) is -0.679. The maximum atomic E-state index is 12.9. The van der Waals surface area contributed by atoms with E-state index in [1.54, 1.807) is 6.92 Å². The summed E-state index contributed by atoms with van der Waals surface area (Å²) in [5.41, 5.74) is -0.873. The quantitative estimate of drug-likeness (QED) is 0.766. The third kappa shape index (κ3) is 4.20. The van der Waals surface area contributed by atoms with E-state index in [1.807, 2.05) is 0 Å². The molecule has 1 aromatic rings. The highest BCUT2D eigenvalue weighted by atomic mass is 32.2. The van der Waals surface area contributed by atoms with E-state index in [4.69, 9.17) is 4.74 Å². The number of rotatable bonds is 6. The van der Waals surface area contributed by atoms with Crippen molar-refractivity contribution in [1.29, 1.82) is 0 Å². The summed E-state index contributed by atoms with van der Waals surface area (Å²) in [5, 5.41) is 3.56. The van der Waals surface area contributed by atoms with E-state index in [0.29, 0.717) is 12.8 Å². The Morgan fingerprint density at radius 3 is 2.62 bits per heavy atom. The van der Waals surface area contributed by atoms with Gasteiger partial charge in [-0.25, -0.2) is 8.78 Å². The maximum absolute atomic E-state index is 12.9. The van der Waals surface area contributed by atoms with E-state index < -0.39 is 22.3 Å². The van der Waals surface area contributed by atoms with Crippen LogP contribution in [0.3, 0.4) is 0 Å². The summed E-state index contributed by atoms with van der Waals surface area (Å²) < 4.78 is 59.8. The van der Waals surface area contributed by atoms with Gasteiger partial charge in [0.1, 0.15) is 0 Å². The number of hydrogen-bond donors (Lipinski definition) is 1. The van der Waals surface area contributed by atoms with Gasteiger partial charge in [0.15, 0.2) is 5.69 Å². The first-order chi connectivity index (χ1) is 11.2. The number of nitrogens with one attached hydrogen (secondary N) is 1. The molecule has 136 valence electrons. The first-order valence-corrected chi connectivity index (χ1v) is 8.94. The van der Waals surface area contributed by atoms with Crippen molar-refractivity contribution in [1.82, 2.24) is 14.1 Å². The molecule has 0 aromatic carbocycles. The Balaban J connectivity index is 2.03. The largest absolute Gasteiger partial charge is 0.466 e. The standard InChI is InChI=1S/C13H20F2N4O4S/c1-3-23-13(20)9-4-6-19(7-5-9)24(21,22)17-10-8-18(2)16-11(10)12(14)15/h8-9,12,17H,3-7H2,1-2H3. The number of halogens is 2. The molecule has 0 radical (unpaired) electrons. The lowest BCUT2D eigenvalue weighted by Gasteiger charge is -2.30. The molecule has 1 N–H and O–H groups in total. The monoisotopic (exact) mass is 366 g/mol. The minimum absolute atomic E-state index is 0.114. The van der Waals surface area contributed by atoms with Crippen molar-refractivity contribution in [3.63, 3.8) is 0 Å².